The quantitative estimate of drug-likeness (QED) is 0.821. The Balaban J connectivity index is 1.85. The van der Waals surface area contributed by atoms with Crippen molar-refractivity contribution in [2.24, 2.45) is 0 Å². The Hall–Kier alpha value is -1.92. The molecule has 19 heavy (non-hydrogen) atoms. The number of hydrogen-bond acceptors (Lipinski definition) is 4. The number of rotatable bonds is 2. The summed E-state index contributed by atoms with van der Waals surface area (Å²) in [6, 6.07) is 3.38. The summed E-state index contributed by atoms with van der Waals surface area (Å²) in [4.78, 5) is 16.1. The first-order valence-corrected chi connectivity index (χ1v) is 6.19. The molecule has 0 saturated heterocycles. The minimum absolute atomic E-state index is 0.247. The average molecular weight is 279 g/mol. The number of aromatic amines is 1. The molecule has 1 aliphatic rings. The largest absolute Gasteiger partial charge is 0.376 e. The second-order valence-corrected chi connectivity index (χ2v) is 4.49. The van der Waals surface area contributed by atoms with Crippen LogP contribution in [0.1, 0.15) is 21.7 Å². The van der Waals surface area contributed by atoms with Crippen molar-refractivity contribution in [1.82, 2.24) is 15.2 Å². The van der Waals surface area contributed by atoms with Crippen molar-refractivity contribution in [1.29, 1.82) is 0 Å². The number of nitrogens with zero attached hydrogens (tertiary/aromatic N) is 2. The molecule has 0 unspecified atom stereocenters. The fourth-order valence-electron chi connectivity index (χ4n) is 1.96. The predicted molar refractivity (Wildman–Crippen MR) is 69.1 cm³/mol. The number of aromatic nitrogens is 3. The Bertz CT molecular complexity index is 626. The van der Waals surface area contributed by atoms with E-state index in [1.807, 2.05) is 0 Å². The summed E-state index contributed by atoms with van der Waals surface area (Å²) in [7, 11) is 0. The van der Waals surface area contributed by atoms with E-state index in [0.29, 0.717) is 24.6 Å². The van der Waals surface area contributed by atoms with Crippen LogP contribution in [0.4, 0.5) is 5.69 Å². The van der Waals surface area contributed by atoms with Crippen LogP contribution in [0.15, 0.2) is 18.3 Å². The first-order chi connectivity index (χ1) is 9.25. The van der Waals surface area contributed by atoms with Crippen LogP contribution < -0.4 is 5.32 Å². The van der Waals surface area contributed by atoms with Crippen LogP contribution in [-0.2, 0) is 17.8 Å². The molecule has 0 atom stereocenters. The zero-order valence-corrected chi connectivity index (χ0v) is 10.7. The number of halogens is 1. The zero-order chi connectivity index (χ0) is 13.2. The number of ether oxygens (including phenoxy) is 1. The molecule has 1 aliphatic heterocycles. The number of anilines is 1. The van der Waals surface area contributed by atoms with Crippen molar-refractivity contribution in [3.8, 4) is 0 Å². The molecule has 3 heterocycles. The number of hydrogen-bond donors (Lipinski definition) is 2. The van der Waals surface area contributed by atoms with E-state index in [0.717, 1.165) is 17.7 Å². The second-order valence-electron chi connectivity index (χ2n) is 4.13. The molecule has 98 valence electrons. The van der Waals surface area contributed by atoms with Gasteiger partial charge in [0.1, 0.15) is 0 Å². The molecule has 1 amide bonds. The maximum absolute atomic E-state index is 12.2. The van der Waals surface area contributed by atoms with Gasteiger partial charge in [-0.3, -0.25) is 9.89 Å². The van der Waals surface area contributed by atoms with Gasteiger partial charge < -0.3 is 10.1 Å². The molecule has 0 bridgehead atoms. The number of H-pyrrole nitrogens is 1. The predicted octanol–water partition coefficient (Wildman–Crippen LogP) is 1.78. The van der Waals surface area contributed by atoms with Crippen LogP contribution in [0, 0.1) is 0 Å². The van der Waals surface area contributed by atoms with E-state index >= 15 is 0 Å². The molecule has 2 aromatic rings. The number of amides is 1. The third-order valence-corrected chi connectivity index (χ3v) is 3.22. The summed E-state index contributed by atoms with van der Waals surface area (Å²) in [5.41, 5.74) is 2.56. The van der Waals surface area contributed by atoms with Crippen molar-refractivity contribution >= 4 is 23.2 Å². The summed E-state index contributed by atoms with van der Waals surface area (Å²) >= 11 is 5.89. The molecule has 0 radical (unpaired) electrons. The van der Waals surface area contributed by atoms with Crippen molar-refractivity contribution in [3.05, 3.63) is 40.4 Å². The molecule has 3 rings (SSSR count). The standard InChI is InChI=1S/C12H11ClN4O2/c13-11-9(2-1-4-14-11)15-12(18)10-7-6-19-5-3-8(7)16-17-10/h1-2,4H,3,5-6H2,(H,15,18)(H,16,17). The van der Waals surface area contributed by atoms with E-state index in [4.69, 9.17) is 16.3 Å². The molecule has 0 fully saturated rings. The third kappa shape index (κ3) is 2.32. The topological polar surface area (TPSA) is 79.9 Å². The number of fused-ring (bicyclic) bond motifs is 1. The maximum Gasteiger partial charge on any atom is 0.276 e. The van der Waals surface area contributed by atoms with E-state index in [1.165, 1.54) is 0 Å². The molecule has 7 heteroatoms. The molecular weight excluding hydrogens is 268 g/mol. The monoisotopic (exact) mass is 278 g/mol. The van der Waals surface area contributed by atoms with E-state index in [9.17, 15) is 4.79 Å². The van der Waals surface area contributed by atoms with Gasteiger partial charge in [-0.25, -0.2) is 4.98 Å². The van der Waals surface area contributed by atoms with Gasteiger partial charge in [-0.1, -0.05) is 11.6 Å². The summed E-state index contributed by atoms with van der Waals surface area (Å²) < 4.78 is 5.34. The average Bonchev–Trinajstić information content (AvgIpc) is 2.85. The molecule has 2 N–H and O–H groups in total. The van der Waals surface area contributed by atoms with Crippen molar-refractivity contribution < 1.29 is 9.53 Å². The highest BCUT2D eigenvalue weighted by Gasteiger charge is 2.22. The highest BCUT2D eigenvalue weighted by Crippen LogP contribution is 2.21. The highest BCUT2D eigenvalue weighted by atomic mass is 35.5. The van der Waals surface area contributed by atoms with Gasteiger partial charge in [0.2, 0.25) is 0 Å². The van der Waals surface area contributed by atoms with Crippen LogP contribution >= 0.6 is 11.6 Å². The Morgan fingerprint density at radius 2 is 2.42 bits per heavy atom. The number of carbonyl (C=O) groups is 1. The number of pyridine rings is 1. The van der Waals surface area contributed by atoms with E-state index in [-0.39, 0.29) is 11.1 Å². The van der Waals surface area contributed by atoms with Gasteiger partial charge in [-0.2, -0.15) is 5.10 Å². The van der Waals surface area contributed by atoms with Crippen molar-refractivity contribution in [2.45, 2.75) is 13.0 Å². The Morgan fingerprint density at radius 3 is 3.26 bits per heavy atom. The minimum atomic E-state index is -0.321. The lowest BCUT2D eigenvalue weighted by atomic mass is 10.1. The molecule has 0 saturated carbocycles. The second kappa shape index (κ2) is 4.99. The summed E-state index contributed by atoms with van der Waals surface area (Å²) in [6.07, 6.45) is 2.30. The van der Waals surface area contributed by atoms with Crippen LogP contribution in [0.3, 0.4) is 0 Å². The van der Waals surface area contributed by atoms with Gasteiger partial charge in [-0.05, 0) is 12.1 Å². The van der Waals surface area contributed by atoms with Gasteiger partial charge in [-0.15, -0.1) is 0 Å². The molecule has 0 aliphatic carbocycles. The van der Waals surface area contributed by atoms with Crippen LogP contribution in [0.5, 0.6) is 0 Å². The normalized spacial score (nSPS) is 13.9. The Labute approximate surface area is 114 Å². The lowest BCUT2D eigenvalue weighted by Crippen LogP contribution is -2.17. The van der Waals surface area contributed by atoms with E-state index in [2.05, 4.69) is 20.5 Å². The highest BCUT2D eigenvalue weighted by molar-refractivity contribution is 6.32. The van der Waals surface area contributed by atoms with Crippen molar-refractivity contribution in [3.63, 3.8) is 0 Å². The summed E-state index contributed by atoms with van der Waals surface area (Å²) in [5, 5.41) is 9.85. The smallest absolute Gasteiger partial charge is 0.276 e. The summed E-state index contributed by atoms with van der Waals surface area (Å²) in [5.74, 6) is -0.321. The van der Waals surface area contributed by atoms with Crippen LogP contribution in [0.2, 0.25) is 5.15 Å². The first-order valence-electron chi connectivity index (χ1n) is 5.81. The van der Waals surface area contributed by atoms with Gasteiger partial charge >= 0.3 is 0 Å². The number of nitrogens with one attached hydrogen (secondary N) is 2. The number of carbonyl (C=O) groups excluding carboxylic acids is 1. The molecule has 0 aromatic carbocycles. The first kappa shape index (κ1) is 12.1. The van der Waals surface area contributed by atoms with Gasteiger partial charge in [0, 0.05) is 23.9 Å². The van der Waals surface area contributed by atoms with Gasteiger partial charge in [0.05, 0.1) is 18.9 Å². The Kier molecular flexibility index (Phi) is 3.18. The molecule has 0 spiro atoms. The lowest BCUT2D eigenvalue weighted by Gasteiger charge is -2.12. The molecule has 6 nitrogen and oxygen atoms in total. The fraction of sp³-hybridized carbons (Fsp3) is 0.250. The van der Waals surface area contributed by atoms with Crippen LogP contribution in [0.25, 0.3) is 0 Å². The summed E-state index contributed by atoms with van der Waals surface area (Å²) in [6.45, 7) is 1.04. The fourth-order valence-corrected chi connectivity index (χ4v) is 2.13. The van der Waals surface area contributed by atoms with Gasteiger partial charge in [0.25, 0.3) is 5.91 Å². The van der Waals surface area contributed by atoms with Crippen LogP contribution in [-0.4, -0.2) is 27.7 Å². The molecular formula is C12H11ClN4O2. The van der Waals surface area contributed by atoms with E-state index < -0.39 is 0 Å². The Morgan fingerprint density at radius 1 is 1.53 bits per heavy atom. The third-order valence-electron chi connectivity index (χ3n) is 2.92. The SMILES string of the molecule is O=C(Nc1cccnc1Cl)c1n[nH]c2c1COCC2. The molecule has 2 aromatic heterocycles. The lowest BCUT2D eigenvalue weighted by molar-refractivity contribution is 0.0985. The van der Waals surface area contributed by atoms with E-state index in [1.54, 1.807) is 18.3 Å². The maximum atomic E-state index is 12.2. The zero-order valence-electron chi connectivity index (χ0n) is 9.94. The van der Waals surface area contributed by atoms with Crippen molar-refractivity contribution in [2.75, 3.05) is 11.9 Å². The van der Waals surface area contributed by atoms with Gasteiger partial charge in [0.15, 0.2) is 10.8 Å². The minimum Gasteiger partial charge on any atom is -0.376 e.